The molecular formula is C51H39NO. The average Bonchev–Trinajstić information content (AvgIpc) is 3.77. The summed E-state index contributed by atoms with van der Waals surface area (Å²) < 4.78 is 6.39. The molecule has 2 nitrogen and oxygen atoms in total. The van der Waals surface area contributed by atoms with E-state index in [9.17, 15) is 0 Å². The first-order chi connectivity index (χ1) is 26.2. The number of furan rings is 1. The lowest BCUT2D eigenvalue weighted by Gasteiger charge is -2.67. The summed E-state index contributed by atoms with van der Waals surface area (Å²) in [5.74, 6) is 3.27. The summed E-state index contributed by atoms with van der Waals surface area (Å²) >= 11 is 0. The van der Waals surface area contributed by atoms with E-state index < -0.39 is 0 Å². The topological polar surface area (TPSA) is 16.4 Å². The Morgan fingerprint density at radius 1 is 0.453 bits per heavy atom. The van der Waals surface area contributed by atoms with E-state index in [1.807, 2.05) is 6.07 Å². The van der Waals surface area contributed by atoms with Crippen LogP contribution in [0.2, 0.25) is 0 Å². The smallest absolute Gasteiger partial charge is 0.137 e. The van der Waals surface area contributed by atoms with Gasteiger partial charge >= 0.3 is 0 Å². The van der Waals surface area contributed by atoms with Gasteiger partial charge in [-0.05, 0) is 142 Å². The average molecular weight is 682 g/mol. The van der Waals surface area contributed by atoms with Crippen molar-refractivity contribution in [2.75, 3.05) is 4.90 Å². The van der Waals surface area contributed by atoms with Gasteiger partial charge in [-0.1, -0.05) is 115 Å². The first-order valence-corrected chi connectivity index (χ1v) is 19.4. The zero-order chi connectivity index (χ0) is 34.7. The minimum atomic E-state index is 0.547. The van der Waals surface area contributed by atoms with Crippen molar-refractivity contribution in [1.29, 1.82) is 0 Å². The number of hydrogen-bond acceptors (Lipinski definition) is 2. The van der Waals surface area contributed by atoms with Gasteiger partial charge in [-0.15, -0.1) is 0 Å². The number of fused-ring (bicyclic) bond motifs is 9. The van der Waals surface area contributed by atoms with Gasteiger partial charge in [0, 0.05) is 33.9 Å². The van der Waals surface area contributed by atoms with Crippen LogP contribution in [0, 0.1) is 17.3 Å². The van der Waals surface area contributed by atoms with Gasteiger partial charge in [0.05, 0.1) is 0 Å². The maximum Gasteiger partial charge on any atom is 0.137 e. The molecule has 1 aromatic heterocycles. The summed E-state index contributed by atoms with van der Waals surface area (Å²) in [7, 11) is 0. The Bertz CT molecular complexity index is 2720. The quantitative estimate of drug-likeness (QED) is 0.180. The predicted octanol–water partition coefficient (Wildman–Crippen LogP) is 14.1. The van der Waals surface area contributed by atoms with Crippen molar-refractivity contribution in [3.63, 3.8) is 0 Å². The van der Waals surface area contributed by atoms with Crippen LogP contribution in [0.3, 0.4) is 0 Å². The summed E-state index contributed by atoms with van der Waals surface area (Å²) in [6.45, 7) is 0. The van der Waals surface area contributed by atoms with E-state index in [0.717, 1.165) is 56.8 Å². The van der Waals surface area contributed by atoms with Crippen molar-refractivity contribution >= 4 is 39.0 Å². The third kappa shape index (κ3) is 4.27. The lowest BCUT2D eigenvalue weighted by atomic mass is 9.37. The predicted molar refractivity (Wildman–Crippen MR) is 218 cm³/mol. The number of rotatable bonds is 5. The van der Waals surface area contributed by atoms with E-state index in [2.05, 4.69) is 163 Å². The van der Waals surface area contributed by atoms with Crippen molar-refractivity contribution in [3.05, 3.63) is 175 Å². The first-order valence-electron chi connectivity index (χ1n) is 19.4. The van der Waals surface area contributed by atoms with Gasteiger partial charge in [0.2, 0.25) is 0 Å². The normalized spacial score (nSPS) is 23.2. The Hall–Kier alpha value is -5.86. The summed E-state index contributed by atoms with van der Waals surface area (Å²) in [6, 6.07) is 60.4. The van der Waals surface area contributed by atoms with Gasteiger partial charge in [0.25, 0.3) is 0 Å². The molecule has 0 aliphatic heterocycles. The van der Waals surface area contributed by atoms with Crippen molar-refractivity contribution in [3.8, 4) is 33.4 Å². The van der Waals surface area contributed by atoms with Gasteiger partial charge < -0.3 is 9.32 Å². The molecule has 2 heteroatoms. The number of nitrogens with zero attached hydrogens (tertiary/aromatic N) is 1. The summed E-state index contributed by atoms with van der Waals surface area (Å²) in [4.78, 5) is 2.36. The van der Waals surface area contributed by atoms with E-state index in [-0.39, 0.29) is 0 Å². The van der Waals surface area contributed by atoms with E-state index in [1.165, 1.54) is 59.1 Å². The molecule has 254 valence electrons. The molecule has 3 saturated carbocycles. The van der Waals surface area contributed by atoms with Crippen LogP contribution in [0.25, 0.3) is 55.3 Å². The van der Waals surface area contributed by atoms with E-state index in [4.69, 9.17) is 4.42 Å². The van der Waals surface area contributed by atoms with E-state index in [1.54, 1.807) is 11.1 Å². The Morgan fingerprint density at radius 2 is 1.13 bits per heavy atom. The standard InChI is InChI=1S/C51H39NO/c1-2-9-32(10-3-1)34-11-8-12-40(26-34)52(41-22-24-46-45-15-6-7-16-49(45)53-50(46)30-41)39-20-17-33(18-21-39)35-19-23-44-43-14-5-4-13-42(43)36-25-37-28-38-29-48(47(44)27-35)51(37,38)31-36/h1-24,26-27,30,36-38,48H,25,28-29,31H2. The Morgan fingerprint density at radius 3 is 2.04 bits per heavy atom. The van der Waals surface area contributed by atoms with Crippen molar-refractivity contribution in [1.82, 2.24) is 0 Å². The van der Waals surface area contributed by atoms with Gasteiger partial charge in [-0.3, -0.25) is 0 Å². The van der Waals surface area contributed by atoms with Crippen LogP contribution in [0.4, 0.5) is 17.1 Å². The molecule has 53 heavy (non-hydrogen) atoms. The molecule has 1 spiro atoms. The van der Waals surface area contributed by atoms with Crippen LogP contribution in [-0.2, 0) is 0 Å². The highest BCUT2D eigenvalue weighted by Gasteiger charge is 2.70. The van der Waals surface area contributed by atoms with Crippen molar-refractivity contribution < 1.29 is 4.42 Å². The number of benzene rings is 7. The van der Waals surface area contributed by atoms with Gasteiger partial charge in [-0.25, -0.2) is 0 Å². The zero-order valence-electron chi connectivity index (χ0n) is 29.6. The molecule has 0 radical (unpaired) electrons. The maximum atomic E-state index is 6.39. The zero-order valence-corrected chi connectivity index (χ0v) is 29.6. The molecule has 3 fully saturated rings. The van der Waals surface area contributed by atoms with Crippen LogP contribution in [0.5, 0.6) is 0 Å². The number of hydrogen-bond donors (Lipinski definition) is 0. The Balaban J connectivity index is 0.964. The summed E-state index contributed by atoms with van der Waals surface area (Å²) in [5, 5.41) is 2.28. The molecule has 4 aliphatic carbocycles. The molecule has 7 aromatic carbocycles. The second kappa shape index (κ2) is 11.1. The molecule has 0 saturated heterocycles. The highest BCUT2D eigenvalue weighted by atomic mass is 16.3. The second-order valence-corrected chi connectivity index (χ2v) is 16.1. The molecule has 5 unspecified atom stereocenters. The van der Waals surface area contributed by atoms with Crippen LogP contribution in [0.15, 0.2) is 168 Å². The van der Waals surface area contributed by atoms with Crippen molar-refractivity contribution in [2.24, 2.45) is 17.3 Å². The van der Waals surface area contributed by atoms with E-state index in [0.29, 0.717) is 11.3 Å². The van der Waals surface area contributed by atoms with Crippen LogP contribution >= 0.6 is 0 Å². The molecule has 0 amide bonds. The van der Waals surface area contributed by atoms with Gasteiger partial charge in [-0.2, -0.15) is 0 Å². The fourth-order valence-corrected chi connectivity index (χ4v) is 11.4. The lowest BCUT2D eigenvalue weighted by Crippen LogP contribution is -2.58. The van der Waals surface area contributed by atoms with Crippen LogP contribution in [0.1, 0.15) is 48.6 Å². The Labute approximate surface area is 310 Å². The second-order valence-electron chi connectivity index (χ2n) is 16.1. The molecular weight excluding hydrogens is 643 g/mol. The minimum Gasteiger partial charge on any atom is -0.456 e. The van der Waals surface area contributed by atoms with Gasteiger partial charge in [0.15, 0.2) is 0 Å². The highest BCUT2D eigenvalue weighted by molar-refractivity contribution is 6.06. The largest absolute Gasteiger partial charge is 0.456 e. The van der Waals surface area contributed by atoms with Crippen LogP contribution < -0.4 is 4.90 Å². The van der Waals surface area contributed by atoms with Crippen molar-refractivity contribution in [2.45, 2.75) is 37.5 Å². The number of para-hydroxylation sites is 1. The monoisotopic (exact) mass is 681 g/mol. The Kier molecular flexibility index (Phi) is 6.20. The molecule has 2 bridgehead atoms. The molecule has 1 heterocycles. The minimum absolute atomic E-state index is 0.547. The molecule has 4 aliphatic rings. The number of anilines is 3. The van der Waals surface area contributed by atoms with Gasteiger partial charge in [0.1, 0.15) is 11.2 Å². The maximum absolute atomic E-state index is 6.39. The highest BCUT2D eigenvalue weighted by Crippen LogP contribution is 2.80. The van der Waals surface area contributed by atoms with Crippen LogP contribution in [-0.4, -0.2) is 0 Å². The molecule has 0 N–H and O–H groups in total. The fraction of sp³-hybridized carbons (Fsp3) is 0.176. The van der Waals surface area contributed by atoms with E-state index >= 15 is 0 Å². The lowest BCUT2D eigenvalue weighted by molar-refractivity contribution is -0.144. The SMILES string of the molecule is c1ccc(-c2cccc(N(c3ccc(-c4ccc5c(c4)C4CC6CC7CC(CC764)c4ccccc4-5)cc3)c3ccc4c(c3)oc3ccccc34)c2)cc1. The first kappa shape index (κ1) is 29.7. The molecule has 5 atom stereocenters. The third-order valence-electron chi connectivity index (χ3n) is 13.8. The molecule has 8 aromatic rings. The molecule has 12 rings (SSSR count). The summed E-state index contributed by atoms with van der Waals surface area (Å²) in [5.41, 5.74) is 16.8. The summed E-state index contributed by atoms with van der Waals surface area (Å²) in [6.07, 6.45) is 5.61. The fourth-order valence-electron chi connectivity index (χ4n) is 11.4. The third-order valence-corrected chi connectivity index (χ3v) is 13.8.